The van der Waals surface area contributed by atoms with Crippen molar-refractivity contribution in [3.8, 4) is 0 Å². The second-order valence-electron chi connectivity index (χ2n) is 3.10. The van der Waals surface area contributed by atoms with E-state index in [0.717, 1.165) is 12.5 Å². The Morgan fingerprint density at radius 1 is 1.57 bits per heavy atom. The Morgan fingerprint density at radius 2 is 2.14 bits per heavy atom. The largest absolute Gasteiger partial charge is 0.467 e. The van der Waals surface area contributed by atoms with Gasteiger partial charge in [-0.25, -0.2) is 4.79 Å². The first-order valence-electron chi connectivity index (χ1n) is 4.57. The van der Waals surface area contributed by atoms with Crippen LogP contribution in [0.15, 0.2) is 12.7 Å². The zero-order chi connectivity index (χ0) is 11.1. The number of carbonyl (C=O) groups is 2. The highest BCUT2D eigenvalue weighted by Crippen LogP contribution is 2.08. The lowest BCUT2D eigenvalue weighted by molar-refractivity contribution is -0.146. The van der Waals surface area contributed by atoms with Crippen molar-refractivity contribution in [2.75, 3.05) is 7.11 Å². The molecule has 2 unspecified atom stereocenters. The van der Waals surface area contributed by atoms with Gasteiger partial charge in [0.2, 0.25) is 5.91 Å². The van der Waals surface area contributed by atoms with Crippen molar-refractivity contribution in [3.63, 3.8) is 0 Å². The van der Waals surface area contributed by atoms with Gasteiger partial charge in [-0.05, 0) is 12.0 Å². The second-order valence-corrected chi connectivity index (χ2v) is 3.10. The van der Waals surface area contributed by atoms with E-state index in [0.29, 0.717) is 0 Å². The average Bonchev–Trinajstić information content (AvgIpc) is 2.23. The standard InChI is InChI=1S/C10H17NO3/c1-5-7(3)9(10(13)14-4)11-8(12)6-2/h6-7,9H,2,5H2,1,3-4H3,(H,11,12). The van der Waals surface area contributed by atoms with Crippen LogP contribution in [0.5, 0.6) is 0 Å². The van der Waals surface area contributed by atoms with Crippen molar-refractivity contribution in [2.45, 2.75) is 26.3 Å². The summed E-state index contributed by atoms with van der Waals surface area (Å²) in [6, 6.07) is -0.588. The lowest BCUT2D eigenvalue weighted by atomic mass is 9.99. The maximum atomic E-state index is 11.3. The van der Waals surface area contributed by atoms with Crippen LogP contribution in [0.3, 0.4) is 0 Å². The van der Waals surface area contributed by atoms with Crippen LogP contribution in [0, 0.1) is 5.92 Å². The molecule has 0 rings (SSSR count). The SMILES string of the molecule is C=CC(=O)NC(C(=O)OC)C(C)CC. The number of methoxy groups -OCH3 is 1. The Hall–Kier alpha value is -1.32. The predicted molar refractivity (Wildman–Crippen MR) is 53.6 cm³/mol. The molecule has 0 aromatic heterocycles. The van der Waals surface area contributed by atoms with Crippen LogP contribution >= 0.6 is 0 Å². The number of carbonyl (C=O) groups excluding carboxylic acids is 2. The van der Waals surface area contributed by atoms with Crippen molar-refractivity contribution in [1.29, 1.82) is 0 Å². The van der Waals surface area contributed by atoms with E-state index in [1.165, 1.54) is 7.11 Å². The Morgan fingerprint density at radius 3 is 2.50 bits per heavy atom. The molecule has 0 saturated carbocycles. The molecule has 1 amide bonds. The van der Waals surface area contributed by atoms with Crippen molar-refractivity contribution in [2.24, 2.45) is 5.92 Å². The van der Waals surface area contributed by atoms with Gasteiger partial charge in [-0.15, -0.1) is 0 Å². The summed E-state index contributed by atoms with van der Waals surface area (Å²) >= 11 is 0. The van der Waals surface area contributed by atoms with Gasteiger partial charge in [-0.1, -0.05) is 26.8 Å². The molecule has 0 aromatic rings. The first-order chi connectivity index (χ1) is 6.56. The summed E-state index contributed by atoms with van der Waals surface area (Å²) in [5, 5.41) is 2.54. The van der Waals surface area contributed by atoms with E-state index in [1.807, 2.05) is 13.8 Å². The van der Waals surface area contributed by atoms with E-state index in [9.17, 15) is 9.59 Å². The van der Waals surface area contributed by atoms with Crippen molar-refractivity contribution in [3.05, 3.63) is 12.7 Å². The fraction of sp³-hybridized carbons (Fsp3) is 0.600. The van der Waals surface area contributed by atoms with Crippen molar-refractivity contribution >= 4 is 11.9 Å². The molecule has 0 aliphatic rings. The highest BCUT2D eigenvalue weighted by molar-refractivity contribution is 5.91. The molecule has 1 N–H and O–H groups in total. The number of ether oxygens (including phenoxy) is 1. The Bertz CT molecular complexity index is 225. The molecule has 4 nitrogen and oxygen atoms in total. The highest BCUT2D eigenvalue weighted by Gasteiger charge is 2.25. The first-order valence-corrected chi connectivity index (χ1v) is 4.57. The Labute approximate surface area is 84.3 Å². The van der Waals surface area contributed by atoms with Crippen molar-refractivity contribution < 1.29 is 14.3 Å². The lowest BCUT2D eigenvalue weighted by Crippen LogP contribution is -2.45. The summed E-state index contributed by atoms with van der Waals surface area (Å²) in [5.41, 5.74) is 0. The average molecular weight is 199 g/mol. The number of nitrogens with one attached hydrogen (secondary N) is 1. The Balaban J connectivity index is 4.46. The molecule has 4 heteroatoms. The molecule has 0 aromatic carbocycles. The third kappa shape index (κ3) is 3.60. The number of rotatable bonds is 5. The van der Waals surface area contributed by atoms with Crippen LogP contribution < -0.4 is 5.32 Å². The quantitative estimate of drug-likeness (QED) is 0.528. The van der Waals surface area contributed by atoms with Crippen LogP contribution in [0.4, 0.5) is 0 Å². The molecule has 0 spiro atoms. The molecular formula is C10H17NO3. The molecule has 0 bridgehead atoms. The Kier molecular flexibility index (Phi) is 5.60. The third-order valence-corrected chi connectivity index (χ3v) is 2.15. The number of hydrogen-bond donors (Lipinski definition) is 1. The van der Waals surface area contributed by atoms with Gasteiger partial charge in [0.25, 0.3) is 0 Å². The minimum Gasteiger partial charge on any atom is -0.467 e. The van der Waals surface area contributed by atoms with Crippen LogP contribution in [0.2, 0.25) is 0 Å². The first kappa shape index (κ1) is 12.7. The van der Waals surface area contributed by atoms with Gasteiger partial charge < -0.3 is 10.1 Å². The van der Waals surface area contributed by atoms with Crippen molar-refractivity contribution in [1.82, 2.24) is 5.32 Å². The topological polar surface area (TPSA) is 55.4 Å². The van der Waals surface area contributed by atoms with Gasteiger partial charge in [0.15, 0.2) is 0 Å². The fourth-order valence-electron chi connectivity index (χ4n) is 1.01. The van der Waals surface area contributed by atoms with E-state index in [4.69, 9.17) is 0 Å². The second kappa shape index (κ2) is 6.18. The summed E-state index contributed by atoms with van der Waals surface area (Å²) in [6.45, 7) is 7.14. The van der Waals surface area contributed by atoms with Crippen LogP contribution in [0.1, 0.15) is 20.3 Å². The summed E-state index contributed by atoms with van der Waals surface area (Å²) in [5.74, 6) is -0.735. The molecule has 0 saturated heterocycles. The summed E-state index contributed by atoms with van der Waals surface area (Å²) < 4.78 is 4.59. The fourth-order valence-corrected chi connectivity index (χ4v) is 1.01. The minimum atomic E-state index is -0.588. The van der Waals surface area contributed by atoms with Crippen LogP contribution in [-0.4, -0.2) is 25.0 Å². The molecule has 0 fully saturated rings. The zero-order valence-electron chi connectivity index (χ0n) is 8.87. The molecule has 14 heavy (non-hydrogen) atoms. The smallest absolute Gasteiger partial charge is 0.328 e. The third-order valence-electron chi connectivity index (χ3n) is 2.15. The zero-order valence-corrected chi connectivity index (χ0v) is 8.87. The van der Waals surface area contributed by atoms with Gasteiger partial charge in [0.1, 0.15) is 6.04 Å². The van der Waals surface area contributed by atoms with Crippen LogP contribution in [0.25, 0.3) is 0 Å². The molecule has 2 atom stereocenters. The molecule has 0 heterocycles. The maximum Gasteiger partial charge on any atom is 0.328 e. The van der Waals surface area contributed by atoms with E-state index in [-0.39, 0.29) is 11.8 Å². The van der Waals surface area contributed by atoms with E-state index in [1.54, 1.807) is 0 Å². The molecule has 0 aliphatic carbocycles. The number of amides is 1. The minimum absolute atomic E-state index is 0.0475. The monoisotopic (exact) mass is 199 g/mol. The predicted octanol–water partition coefficient (Wildman–Crippen LogP) is 0.876. The molecule has 0 radical (unpaired) electrons. The van der Waals surface area contributed by atoms with E-state index >= 15 is 0 Å². The van der Waals surface area contributed by atoms with Crippen LogP contribution in [-0.2, 0) is 14.3 Å². The van der Waals surface area contributed by atoms with E-state index in [2.05, 4.69) is 16.6 Å². The molecule has 80 valence electrons. The maximum absolute atomic E-state index is 11.3. The van der Waals surface area contributed by atoms with Gasteiger partial charge in [0, 0.05) is 0 Å². The summed E-state index contributed by atoms with van der Waals surface area (Å²) in [4.78, 5) is 22.3. The summed E-state index contributed by atoms with van der Waals surface area (Å²) in [6.07, 6.45) is 1.93. The molecule has 0 aliphatic heterocycles. The molecular weight excluding hydrogens is 182 g/mol. The van der Waals surface area contributed by atoms with Gasteiger partial charge in [-0.3, -0.25) is 4.79 Å². The van der Waals surface area contributed by atoms with E-state index < -0.39 is 12.0 Å². The number of esters is 1. The highest BCUT2D eigenvalue weighted by atomic mass is 16.5. The lowest BCUT2D eigenvalue weighted by Gasteiger charge is -2.20. The normalized spacial score (nSPS) is 13.9. The van der Waals surface area contributed by atoms with Gasteiger partial charge >= 0.3 is 5.97 Å². The van der Waals surface area contributed by atoms with Gasteiger partial charge in [-0.2, -0.15) is 0 Å². The number of hydrogen-bond acceptors (Lipinski definition) is 3. The summed E-state index contributed by atoms with van der Waals surface area (Å²) in [7, 11) is 1.30. The van der Waals surface area contributed by atoms with Gasteiger partial charge in [0.05, 0.1) is 7.11 Å².